The summed E-state index contributed by atoms with van der Waals surface area (Å²) in [5.74, 6) is -0.474. The number of para-hydroxylation sites is 2. The van der Waals surface area contributed by atoms with Crippen LogP contribution >= 0.6 is 0 Å². The number of piperidine rings is 1. The number of hydrogen-bond acceptors (Lipinski definition) is 4. The predicted octanol–water partition coefficient (Wildman–Crippen LogP) is 3.72. The van der Waals surface area contributed by atoms with Gasteiger partial charge in [-0.1, -0.05) is 24.3 Å². The van der Waals surface area contributed by atoms with Gasteiger partial charge in [0.1, 0.15) is 5.82 Å². The molecule has 6 heteroatoms. The minimum Gasteiger partial charge on any atom is -0.407 e. The van der Waals surface area contributed by atoms with Crippen LogP contribution in [0.4, 0.5) is 4.39 Å². The summed E-state index contributed by atoms with van der Waals surface area (Å²) in [5, 5.41) is 0. The van der Waals surface area contributed by atoms with Crippen molar-refractivity contribution in [1.82, 2.24) is 9.47 Å². The molecule has 1 aliphatic heterocycles. The zero-order chi connectivity index (χ0) is 19.5. The Balaban J connectivity index is 1.29. The molecule has 3 aromatic rings. The Kier molecular flexibility index (Phi) is 5.39. The molecule has 0 N–H and O–H groups in total. The Morgan fingerprint density at radius 2 is 1.79 bits per heavy atom. The van der Waals surface area contributed by atoms with E-state index in [1.165, 1.54) is 17.7 Å². The first kappa shape index (κ1) is 18.6. The fourth-order valence-corrected chi connectivity index (χ4v) is 3.94. The molecule has 1 fully saturated rings. The molecule has 0 unspecified atom stereocenters. The molecule has 0 atom stereocenters. The molecular weight excluding hydrogens is 359 g/mol. The molecule has 0 bridgehead atoms. The third-order valence-electron chi connectivity index (χ3n) is 5.52. The van der Waals surface area contributed by atoms with Gasteiger partial charge < -0.3 is 9.32 Å². The highest BCUT2D eigenvalue weighted by atomic mass is 19.1. The van der Waals surface area contributed by atoms with Crippen LogP contribution in [0.5, 0.6) is 0 Å². The van der Waals surface area contributed by atoms with E-state index in [4.69, 9.17) is 4.42 Å². The molecule has 2 aromatic carbocycles. The largest absolute Gasteiger partial charge is 0.426 e. The zero-order valence-corrected chi connectivity index (χ0v) is 15.6. The lowest BCUT2D eigenvalue weighted by Crippen LogP contribution is -2.36. The average molecular weight is 382 g/mol. The molecule has 1 aliphatic rings. The number of hydrogen-bond donors (Lipinski definition) is 0. The minimum atomic E-state index is -0.621. The van der Waals surface area contributed by atoms with Crippen LogP contribution in [0, 0.1) is 11.7 Å². The first-order valence-electron chi connectivity index (χ1n) is 9.71. The van der Waals surface area contributed by atoms with Gasteiger partial charge in [-0.05, 0) is 68.1 Å². The fraction of sp³-hybridized carbons (Fsp3) is 0.364. The van der Waals surface area contributed by atoms with Gasteiger partial charge in [0, 0.05) is 13.0 Å². The number of benzene rings is 2. The van der Waals surface area contributed by atoms with Crippen LogP contribution in [0.15, 0.2) is 57.7 Å². The van der Waals surface area contributed by atoms with Gasteiger partial charge >= 0.3 is 5.76 Å². The molecule has 1 saturated heterocycles. The van der Waals surface area contributed by atoms with E-state index in [0.29, 0.717) is 23.6 Å². The lowest BCUT2D eigenvalue weighted by atomic mass is 9.90. The van der Waals surface area contributed by atoms with Crippen molar-refractivity contribution in [2.45, 2.75) is 25.7 Å². The summed E-state index contributed by atoms with van der Waals surface area (Å²) >= 11 is 0. The molecule has 5 nitrogen and oxygen atoms in total. The zero-order valence-electron chi connectivity index (χ0n) is 15.6. The van der Waals surface area contributed by atoms with Crippen LogP contribution < -0.4 is 5.76 Å². The predicted molar refractivity (Wildman–Crippen MR) is 105 cm³/mol. The third kappa shape index (κ3) is 4.07. The SMILES string of the molecule is O=C(CCN1CCC(Cc2ccc(F)cc2)CC1)n1c(=O)oc2ccccc21. The lowest BCUT2D eigenvalue weighted by molar-refractivity contribution is 0.0867. The smallest absolute Gasteiger partial charge is 0.407 e. The maximum Gasteiger partial charge on any atom is 0.426 e. The van der Waals surface area contributed by atoms with Crippen LogP contribution in [0.3, 0.4) is 0 Å². The maximum atomic E-state index is 13.0. The van der Waals surface area contributed by atoms with E-state index in [0.717, 1.165) is 36.9 Å². The van der Waals surface area contributed by atoms with E-state index in [1.54, 1.807) is 24.3 Å². The Hall–Kier alpha value is -2.73. The van der Waals surface area contributed by atoms with Crippen molar-refractivity contribution in [2.75, 3.05) is 19.6 Å². The van der Waals surface area contributed by atoms with Crippen LogP contribution in [-0.2, 0) is 6.42 Å². The van der Waals surface area contributed by atoms with Crippen LogP contribution in [0.1, 0.15) is 29.6 Å². The van der Waals surface area contributed by atoms with Gasteiger partial charge in [-0.3, -0.25) is 4.79 Å². The van der Waals surface area contributed by atoms with Crippen LogP contribution in [0.2, 0.25) is 0 Å². The Bertz CT molecular complexity index is 1010. The molecule has 4 rings (SSSR count). The Labute approximate surface area is 162 Å². The second kappa shape index (κ2) is 8.10. The lowest BCUT2D eigenvalue weighted by Gasteiger charge is -2.31. The maximum absolute atomic E-state index is 13.0. The molecule has 0 aliphatic carbocycles. The first-order valence-corrected chi connectivity index (χ1v) is 9.71. The number of oxazole rings is 1. The van der Waals surface area contributed by atoms with E-state index in [2.05, 4.69) is 4.90 Å². The quantitative estimate of drug-likeness (QED) is 0.675. The number of halogens is 1. The number of fused-ring (bicyclic) bond motifs is 1. The minimum absolute atomic E-state index is 0.201. The normalized spacial score (nSPS) is 15.9. The number of likely N-dealkylation sites (tertiary alicyclic amines) is 1. The first-order chi connectivity index (χ1) is 13.6. The van der Waals surface area contributed by atoms with Crippen molar-refractivity contribution in [3.8, 4) is 0 Å². The summed E-state index contributed by atoms with van der Waals surface area (Å²) in [6.07, 6.45) is 3.36. The highest BCUT2D eigenvalue weighted by molar-refractivity contribution is 5.89. The molecule has 0 radical (unpaired) electrons. The second-order valence-electron chi connectivity index (χ2n) is 7.43. The molecular formula is C22H23FN2O3. The van der Waals surface area contributed by atoms with Gasteiger partial charge in [0.2, 0.25) is 5.91 Å². The van der Waals surface area contributed by atoms with Crippen molar-refractivity contribution in [1.29, 1.82) is 0 Å². The average Bonchev–Trinajstić information content (AvgIpc) is 3.05. The van der Waals surface area contributed by atoms with E-state index in [-0.39, 0.29) is 18.1 Å². The monoisotopic (exact) mass is 382 g/mol. The highest BCUT2D eigenvalue weighted by Gasteiger charge is 2.21. The summed E-state index contributed by atoms with van der Waals surface area (Å²) in [6.45, 7) is 2.49. The van der Waals surface area contributed by atoms with E-state index in [9.17, 15) is 14.0 Å². The number of carbonyl (C=O) groups is 1. The van der Waals surface area contributed by atoms with E-state index < -0.39 is 5.76 Å². The van der Waals surface area contributed by atoms with E-state index >= 15 is 0 Å². The van der Waals surface area contributed by atoms with Gasteiger partial charge in [0.15, 0.2) is 5.58 Å². The summed E-state index contributed by atoms with van der Waals surface area (Å²) in [4.78, 5) is 26.8. The topological polar surface area (TPSA) is 55.5 Å². The van der Waals surface area contributed by atoms with Crippen molar-refractivity contribution in [3.05, 3.63) is 70.5 Å². The highest BCUT2D eigenvalue weighted by Crippen LogP contribution is 2.22. The Morgan fingerprint density at radius 3 is 2.54 bits per heavy atom. The summed E-state index contributed by atoms with van der Waals surface area (Å²) in [7, 11) is 0. The molecule has 0 amide bonds. The number of rotatable bonds is 5. The summed E-state index contributed by atoms with van der Waals surface area (Å²) in [6, 6.07) is 13.7. The van der Waals surface area contributed by atoms with Crippen molar-refractivity contribution >= 4 is 17.0 Å². The number of nitrogens with zero attached hydrogens (tertiary/aromatic N) is 2. The Morgan fingerprint density at radius 1 is 1.07 bits per heavy atom. The molecule has 0 saturated carbocycles. The van der Waals surface area contributed by atoms with Gasteiger partial charge in [0.05, 0.1) is 5.52 Å². The third-order valence-corrected chi connectivity index (χ3v) is 5.52. The van der Waals surface area contributed by atoms with Gasteiger partial charge in [-0.15, -0.1) is 0 Å². The standard InChI is InChI=1S/C22H23FN2O3/c23-18-7-5-16(6-8-18)15-17-9-12-24(13-10-17)14-11-21(26)25-19-3-1-2-4-20(19)28-22(25)27/h1-8,17H,9-15H2. The molecule has 28 heavy (non-hydrogen) atoms. The van der Waals surface area contributed by atoms with Gasteiger partial charge in [-0.25, -0.2) is 13.8 Å². The van der Waals surface area contributed by atoms with E-state index in [1.807, 2.05) is 12.1 Å². The van der Waals surface area contributed by atoms with Crippen molar-refractivity contribution in [3.63, 3.8) is 0 Å². The molecule has 1 aromatic heterocycles. The summed E-state index contributed by atoms with van der Waals surface area (Å²) in [5.41, 5.74) is 2.12. The fourth-order valence-electron chi connectivity index (χ4n) is 3.94. The van der Waals surface area contributed by atoms with Gasteiger partial charge in [-0.2, -0.15) is 0 Å². The van der Waals surface area contributed by atoms with Crippen molar-refractivity contribution in [2.24, 2.45) is 5.92 Å². The molecule has 0 spiro atoms. The molecule has 2 heterocycles. The number of aromatic nitrogens is 1. The van der Waals surface area contributed by atoms with Crippen LogP contribution in [-0.4, -0.2) is 35.0 Å². The second-order valence-corrected chi connectivity index (χ2v) is 7.43. The van der Waals surface area contributed by atoms with Crippen molar-refractivity contribution < 1.29 is 13.6 Å². The summed E-state index contributed by atoms with van der Waals surface area (Å²) < 4.78 is 19.3. The van der Waals surface area contributed by atoms with Gasteiger partial charge in [0.25, 0.3) is 0 Å². The number of carbonyl (C=O) groups excluding carboxylic acids is 1. The van der Waals surface area contributed by atoms with Crippen LogP contribution in [0.25, 0.3) is 11.1 Å². The molecule has 146 valence electrons.